The van der Waals surface area contributed by atoms with Crippen LogP contribution in [0.2, 0.25) is 0 Å². The number of primary amides is 1. The minimum Gasteiger partial charge on any atom is -0.396 e. The Morgan fingerprint density at radius 1 is 1.52 bits per heavy atom. The second kappa shape index (κ2) is 5.73. The first kappa shape index (κ1) is 13.9. The number of nitrogens with two attached hydrogens (primary N) is 1. The lowest BCUT2D eigenvalue weighted by Gasteiger charge is -2.30. The zero-order valence-corrected chi connectivity index (χ0v) is 11.8. The molecule has 0 spiro atoms. The average molecular weight is 288 g/mol. The van der Waals surface area contributed by atoms with Crippen molar-refractivity contribution in [3.05, 3.63) is 24.0 Å². The average Bonchev–Trinajstić information content (AvgIpc) is 2.96. The SMILES string of the molecule is NC(=O)c1cnc2[nH]ccc2c1N[C@@H]1CCC[C@H](CO)C1. The molecule has 1 aliphatic rings. The number of carbonyl (C=O) groups excluding carboxylic acids is 1. The van der Waals surface area contributed by atoms with E-state index in [1.165, 1.54) is 6.20 Å². The first-order valence-electron chi connectivity index (χ1n) is 7.32. The first-order valence-corrected chi connectivity index (χ1v) is 7.32. The number of aromatic nitrogens is 2. The van der Waals surface area contributed by atoms with Crippen molar-refractivity contribution >= 4 is 22.6 Å². The Kier molecular flexibility index (Phi) is 3.79. The van der Waals surface area contributed by atoms with Gasteiger partial charge in [-0.25, -0.2) is 4.98 Å². The summed E-state index contributed by atoms with van der Waals surface area (Å²) in [5.74, 6) is -0.153. The minimum absolute atomic E-state index is 0.219. The highest BCUT2D eigenvalue weighted by molar-refractivity contribution is 6.05. The molecule has 0 unspecified atom stereocenters. The summed E-state index contributed by atoms with van der Waals surface area (Å²) < 4.78 is 0. The maximum Gasteiger partial charge on any atom is 0.252 e. The Hall–Kier alpha value is -2.08. The molecule has 1 fully saturated rings. The second-order valence-electron chi connectivity index (χ2n) is 5.71. The van der Waals surface area contributed by atoms with Crippen LogP contribution in [0, 0.1) is 5.92 Å². The van der Waals surface area contributed by atoms with Gasteiger partial charge in [0.15, 0.2) is 0 Å². The largest absolute Gasteiger partial charge is 0.396 e. The smallest absolute Gasteiger partial charge is 0.252 e. The number of fused-ring (bicyclic) bond motifs is 1. The summed E-state index contributed by atoms with van der Waals surface area (Å²) in [7, 11) is 0. The van der Waals surface area contributed by atoms with Gasteiger partial charge in [-0.3, -0.25) is 4.79 Å². The summed E-state index contributed by atoms with van der Waals surface area (Å²) in [6.45, 7) is 0.219. The Morgan fingerprint density at radius 2 is 2.38 bits per heavy atom. The third-order valence-electron chi connectivity index (χ3n) is 4.24. The third-order valence-corrected chi connectivity index (χ3v) is 4.24. The summed E-state index contributed by atoms with van der Waals surface area (Å²) in [6.07, 6.45) is 7.39. The van der Waals surface area contributed by atoms with Crippen LogP contribution in [-0.2, 0) is 0 Å². The van der Waals surface area contributed by atoms with Crippen molar-refractivity contribution in [2.24, 2.45) is 11.7 Å². The molecule has 0 radical (unpaired) electrons. The Balaban J connectivity index is 1.93. The quantitative estimate of drug-likeness (QED) is 0.686. The first-order chi connectivity index (χ1) is 10.2. The number of H-pyrrole nitrogens is 1. The molecule has 2 atom stereocenters. The van der Waals surface area contributed by atoms with Crippen molar-refractivity contribution in [1.29, 1.82) is 0 Å². The van der Waals surface area contributed by atoms with Gasteiger partial charge in [-0.15, -0.1) is 0 Å². The lowest BCUT2D eigenvalue weighted by molar-refractivity contribution is 0.100. The molecule has 1 saturated carbocycles. The molecule has 3 rings (SSSR count). The van der Waals surface area contributed by atoms with Gasteiger partial charge in [-0.1, -0.05) is 6.42 Å². The van der Waals surface area contributed by atoms with E-state index < -0.39 is 5.91 Å². The minimum atomic E-state index is -0.484. The summed E-state index contributed by atoms with van der Waals surface area (Å²) in [5.41, 5.74) is 7.36. The fourth-order valence-electron chi connectivity index (χ4n) is 3.14. The molecule has 6 nitrogen and oxygen atoms in total. The molecule has 0 aromatic carbocycles. The highest BCUT2D eigenvalue weighted by Crippen LogP contribution is 2.31. The van der Waals surface area contributed by atoms with Crippen LogP contribution in [0.15, 0.2) is 18.5 Å². The van der Waals surface area contributed by atoms with Crippen molar-refractivity contribution in [2.75, 3.05) is 11.9 Å². The van der Waals surface area contributed by atoms with Crippen molar-refractivity contribution in [2.45, 2.75) is 31.7 Å². The van der Waals surface area contributed by atoms with Crippen LogP contribution >= 0.6 is 0 Å². The van der Waals surface area contributed by atoms with Crippen LogP contribution in [-0.4, -0.2) is 33.6 Å². The van der Waals surface area contributed by atoms with Gasteiger partial charge < -0.3 is 21.1 Å². The molecule has 5 N–H and O–H groups in total. The fourth-order valence-corrected chi connectivity index (χ4v) is 3.14. The number of aromatic amines is 1. The van der Waals surface area contributed by atoms with E-state index in [1.54, 1.807) is 6.20 Å². The van der Waals surface area contributed by atoms with Gasteiger partial charge in [-0.2, -0.15) is 0 Å². The highest BCUT2D eigenvalue weighted by Gasteiger charge is 2.23. The molecular formula is C15H20N4O2. The fraction of sp³-hybridized carbons (Fsp3) is 0.467. The molecule has 2 heterocycles. The predicted molar refractivity (Wildman–Crippen MR) is 81.1 cm³/mol. The molecule has 1 aliphatic carbocycles. The van der Waals surface area contributed by atoms with Crippen molar-refractivity contribution in [3.63, 3.8) is 0 Å². The van der Waals surface area contributed by atoms with Crippen molar-refractivity contribution < 1.29 is 9.90 Å². The van der Waals surface area contributed by atoms with Gasteiger partial charge in [0.05, 0.1) is 11.3 Å². The molecule has 0 saturated heterocycles. The van der Waals surface area contributed by atoms with Gasteiger partial charge in [0, 0.05) is 30.4 Å². The van der Waals surface area contributed by atoms with E-state index in [0.717, 1.165) is 42.4 Å². The van der Waals surface area contributed by atoms with E-state index in [0.29, 0.717) is 11.5 Å². The van der Waals surface area contributed by atoms with E-state index in [1.807, 2.05) is 6.07 Å². The molecule has 2 aromatic rings. The number of pyridine rings is 1. The van der Waals surface area contributed by atoms with Gasteiger partial charge >= 0.3 is 0 Å². The third kappa shape index (κ3) is 2.71. The number of anilines is 1. The van der Waals surface area contributed by atoms with E-state index in [9.17, 15) is 9.90 Å². The summed E-state index contributed by atoms with van der Waals surface area (Å²) >= 11 is 0. The summed E-state index contributed by atoms with van der Waals surface area (Å²) in [6, 6.07) is 2.14. The maximum atomic E-state index is 11.6. The lowest BCUT2D eigenvalue weighted by Crippen LogP contribution is -2.30. The van der Waals surface area contributed by atoms with Crippen LogP contribution < -0.4 is 11.1 Å². The number of nitrogens with zero attached hydrogens (tertiary/aromatic N) is 1. The molecule has 0 aliphatic heterocycles. The number of hydrogen-bond acceptors (Lipinski definition) is 4. The standard InChI is InChI=1S/C15H20N4O2/c16-14(21)12-7-18-15-11(4-5-17-15)13(12)19-10-3-1-2-9(6-10)8-20/h4-5,7,9-10,20H,1-3,6,8H2,(H2,16,21)(H2,17,18,19)/t9-,10+/m0/s1. The van der Waals surface area contributed by atoms with Crippen molar-refractivity contribution in [3.8, 4) is 0 Å². The molecular weight excluding hydrogens is 268 g/mol. The van der Waals surface area contributed by atoms with Crippen LogP contribution in [0.3, 0.4) is 0 Å². The lowest BCUT2D eigenvalue weighted by atomic mass is 9.86. The molecule has 21 heavy (non-hydrogen) atoms. The number of aliphatic hydroxyl groups is 1. The molecule has 6 heteroatoms. The van der Waals surface area contributed by atoms with E-state index in [4.69, 9.17) is 5.73 Å². The summed E-state index contributed by atoms with van der Waals surface area (Å²) in [4.78, 5) is 18.9. The van der Waals surface area contributed by atoms with E-state index in [2.05, 4.69) is 15.3 Å². The molecule has 0 bridgehead atoms. The monoisotopic (exact) mass is 288 g/mol. The van der Waals surface area contributed by atoms with Crippen LogP contribution in [0.4, 0.5) is 5.69 Å². The second-order valence-corrected chi connectivity index (χ2v) is 5.71. The maximum absolute atomic E-state index is 11.6. The molecule has 1 amide bonds. The number of hydrogen-bond donors (Lipinski definition) is 4. The number of rotatable bonds is 4. The van der Waals surface area contributed by atoms with Gasteiger partial charge in [0.1, 0.15) is 5.65 Å². The van der Waals surface area contributed by atoms with Gasteiger partial charge in [0.2, 0.25) is 0 Å². The number of carbonyl (C=O) groups is 1. The Morgan fingerprint density at radius 3 is 3.14 bits per heavy atom. The number of aliphatic hydroxyl groups excluding tert-OH is 1. The topological polar surface area (TPSA) is 104 Å². The van der Waals surface area contributed by atoms with Crippen molar-refractivity contribution in [1.82, 2.24) is 9.97 Å². The number of nitrogens with one attached hydrogen (secondary N) is 2. The van der Waals surface area contributed by atoms with Gasteiger partial charge in [-0.05, 0) is 31.2 Å². The summed E-state index contributed by atoms with van der Waals surface area (Å²) in [5, 5.41) is 13.7. The zero-order valence-electron chi connectivity index (χ0n) is 11.8. The Labute approximate surface area is 122 Å². The van der Waals surface area contributed by atoms with Gasteiger partial charge in [0.25, 0.3) is 5.91 Å². The van der Waals surface area contributed by atoms with Crippen LogP contribution in [0.5, 0.6) is 0 Å². The van der Waals surface area contributed by atoms with Crippen LogP contribution in [0.25, 0.3) is 11.0 Å². The molecule has 112 valence electrons. The van der Waals surface area contributed by atoms with E-state index >= 15 is 0 Å². The predicted octanol–water partition coefficient (Wildman–Crippen LogP) is 1.62. The number of amides is 1. The normalized spacial score (nSPS) is 22.3. The Bertz CT molecular complexity index is 652. The molecule has 2 aromatic heterocycles. The highest BCUT2D eigenvalue weighted by atomic mass is 16.3. The van der Waals surface area contributed by atoms with E-state index in [-0.39, 0.29) is 12.6 Å². The zero-order chi connectivity index (χ0) is 14.8. The van der Waals surface area contributed by atoms with Crippen LogP contribution in [0.1, 0.15) is 36.0 Å².